The van der Waals surface area contributed by atoms with Crippen LogP contribution in [0.25, 0.3) is 0 Å². The molecule has 2 aromatic carbocycles. The number of amides is 1. The van der Waals surface area contributed by atoms with Crippen molar-refractivity contribution in [3.8, 4) is 11.8 Å². The minimum absolute atomic E-state index is 0.0510. The summed E-state index contributed by atoms with van der Waals surface area (Å²) in [6.45, 7) is 1.93. The molecule has 0 radical (unpaired) electrons. The molecule has 0 bridgehead atoms. The van der Waals surface area contributed by atoms with Gasteiger partial charge in [-0.05, 0) is 43.5 Å². The zero-order chi connectivity index (χ0) is 16.5. The Morgan fingerprint density at radius 2 is 2.00 bits per heavy atom. The maximum atomic E-state index is 11.9. The van der Waals surface area contributed by atoms with Gasteiger partial charge in [0, 0.05) is 6.04 Å². The molecule has 0 heterocycles. The van der Waals surface area contributed by atoms with Gasteiger partial charge in [-0.2, -0.15) is 5.26 Å². The number of hydrogen-bond acceptors (Lipinski definition) is 3. The molecule has 0 spiro atoms. The van der Waals surface area contributed by atoms with E-state index < -0.39 is 0 Å². The summed E-state index contributed by atoms with van der Waals surface area (Å²) in [4.78, 5) is 11.9. The van der Waals surface area contributed by atoms with Crippen molar-refractivity contribution in [2.24, 2.45) is 0 Å². The molecule has 4 heteroatoms. The fraction of sp³-hybridized carbons (Fsp3) is 0.263. The second-order valence-electron chi connectivity index (χ2n) is 5.42. The summed E-state index contributed by atoms with van der Waals surface area (Å²) < 4.78 is 5.41. The van der Waals surface area contributed by atoms with Gasteiger partial charge in [0.25, 0.3) is 5.91 Å². The normalized spacial score (nSPS) is 11.3. The third-order valence-electron chi connectivity index (χ3n) is 3.45. The van der Waals surface area contributed by atoms with Crippen molar-refractivity contribution in [3.63, 3.8) is 0 Å². The second-order valence-corrected chi connectivity index (χ2v) is 5.42. The van der Waals surface area contributed by atoms with Crippen molar-refractivity contribution in [1.82, 2.24) is 5.32 Å². The van der Waals surface area contributed by atoms with E-state index in [1.165, 1.54) is 5.56 Å². The monoisotopic (exact) mass is 308 g/mol. The molecule has 0 fully saturated rings. The predicted molar refractivity (Wildman–Crippen MR) is 89.0 cm³/mol. The van der Waals surface area contributed by atoms with Crippen LogP contribution in [0, 0.1) is 11.3 Å². The Kier molecular flexibility index (Phi) is 6.19. The van der Waals surface area contributed by atoms with E-state index >= 15 is 0 Å². The third kappa shape index (κ3) is 5.84. The van der Waals surface area contributed by atoms with Crippen molar-refractivity contribution in [2.75, 3.05) is 6.61 Å². The number of carbonyl (C=O) groups is 1. The highest BCUT2D eigenvalue weighted by molar-refractivity contribution is 5.77. The van der Waals surface area contributed by atoms with Crippen molar-refractivity contribution >= 4 is 5.91 Å². The summed E-state index contributed by atoms with van der Waals surface area (Å²) >= 11 is 0. The van der Waals surface area contributed by atoms with Crippen LogP contribution in [0.1, 0.15) is 24.5 Å². The van der Waals surface area contributed by atoms with Gasteiger partial charge in [0.15, 0.2) is 6.61 Å². The van der Waals surface area contributed by atoms with Crippen LogP contribution in [-0.4, -0.2) is 18.6 Å². The molecule has 118 valence electrons. The Morgan fingerprint density at radius 1 is 1.22 bits per heavy atom. The standard InChI is InChI=1S/C19H20N2O2/c1-15(10-11-16-6-3-2-4-7-16)21-19(22)14-23-18-9-5-8-17(12-18)13-20/h2-9,12,15H,10-11,14H2,1H3,(H,21,22)/t15-/m1/s1. The number of carbonyl (C=O) groups excluding carboxylic acids is 1. The Balaban J connectivity index is 1.72. The van der Waals surface area contributed by atoms with Gasteiger partial charge in [-0.1, -0.05) is 36.4 Å². The summed E-state index contributed by atoms with van der Waals surface area (Å²) in [5.41, 5.74) is 1.78. The fourth-order valence-electron chi connectivity index (χ4n) is 2.22. The van der Waals surface area contributed by atoms with E-state index in [-0.39, 0.29) is 18.6 Å². The van der Waals surface area contributed by atoms with Crippen molar-refractivity contribution in [2.45, 2.75) is 25.8 Å². The third-order valence-corrected chi connectivity index (χ3v) is 3.45. The molecule has 0 aromatic heterocycles. The molecular weight excluding hydrogens is 288 g/mol. The van der Waals surface area contributed by atoms with Crippen LogP contribution >= 0.6 is 0 Å². The quantitative estimate of drug-likeness (QED) is 0.855. The van der Waals surface area contributed by atoms with Crippen molar-refractivity contribution < 1.29 is 9.53 Å². The van der Waals surface area contributed by atoms with Gasteiger partial charge in [0.1, 0.15) is 5.75 Å². The lowest BCUT2D eigenvalue weighted by Crippen LogP contribution is -2.36. The van der Waals surface area contributed by atoms with Gasteiger partial charge in [0.05, 0.1) is 11.6 Å². The molecule has 23 heavy (non-hydrogen) atoms. The minimum Gasteiger partial charge on any atom is -0.484 e. The first kappa shape index (κ1) is 16.6. The van der Waals surface area contributed by atoms with Crippen LogP contribution in [0.4, 0.5) is 0 Å². The number of ether oxygens (including phenoxy) is 1. The highest BCUT2D eigenvalue weighted by atomic mass is 16.5. The molecule has 0 aliphatic carbocycles. The molecule has 4 nitrogen and oxygen atoms in total. The molecular formula is C19H20N2O2. The van der Waals surface area contributed by atoms with Gasteiger partial charge in [-0.25, -0.2) is 0 Å². The molecule has 0 aliphatic heterocycles. The molecule has 1 N–H and O–H groups in total. The van der Waals surface area contributed by atoms with Crippen LogP contribution in [0.15, 0.2) is 54.6 Å². The van der Waals surface area contributed by atoms with Crippen molar-refractivity contribution in [3.05, 3.63) is 65.7 Å². The summed E-state index contributed by atoms with van der Waals surface area (Å²) in [5.74, 6) is 0.365. The van der Waals surface area contributed by atoms with Crippen LogP contribution in [0.3, 0.4) is 0 Å². The summed E-state index contributed by atoms with van der Waals surface area (Å²) in [6.07, 6.45) is 1.80. The van der Waals surface area contributed by atoms with E-state index in [0.29, 0.717) is 11.3 Å². The molecule has 0 saturated heterocycles. The second kappa shape index (κ2) is 8.60. The van der Waals surface area contributed by atoms with E-state index in [1.807, 2.05) is 31.2 Å². The lowest BCUT2D eigenvalue weighted by Gasteiger charge is -2.14. The van der Waals surface area contributed by atoms with Gasteiger partial charge >= 0.3 is 0 Å². The molecule has 2 rings (SSSR count). The van der Waals surface area contributed by atoms with E-state index in [0.717, 1.165) is 12.8 Å². The molecule has 2 aromatic rings. The van der Waals surface area contributed by atoms with Crippen LogP contribution in [-0.2, 0) is 11.2 Å². The van der Waals surface area contributed by atoms with E-state index in [1.54, 1.807) is 24.3 Å². The largest absolute Gasteiger partial charge is 0.484 e. The lowest BCUT2D eigenvalue weighted by molar-refractivity contribution is -0.123. The van der Waals surface area contributed by atoms with E-state index in [9.17, 15) is 4.79 Å². The van der Waals surface area contributed by atoms with E-state index in [4.69, 9.17) is 10.00 Å². The first-order chi connectivity index (χ1) is 11.2. The van der Waals surface area contributed by atoms with Crippen molar-refractivity contribution in [1.29, 1.82) is 5.26 Å². The Hall–Kier alpha value is -2.80. The zero-order valence-corrected chi connectivity index (χ0v) is 13.2. The Bertz CT molecular complexity index is 677. The Labute approximate surface area is 136 Å². The van der Waals surface area contributed by atoms with Gasteiger partial charge < -0.3 is 10.1 Å². The summed E-state index contributed by atoms with van der Waals surface area (Å²) in [5, 5.41) is 11.7. The smallest absolute Gasteiger partial charge is 0.258 e. The maximum absolute atomic E-state index is 11.9. The summed E-state index contributed by atoms with van der Waals surface area (Å²) in [7, 11) is 0. The lowest BCUT2D eigenvalue weighted by atomic mass is 10.1. The molecule has 1 amide bonds. The maximum Gasteiger partial charge on any atom is 0.258 e. The average Bonchev–Trinajstić information content (AvgIpc) is 2.59. The van der Waals surface area contributed by atoms with Crippen LogP contribution in [0.2, 0.25) is 0 Å². The molecule has 1 atom stereocenters. The predicted octanol–water partition coefficient (Wildman–Crippen LogP) is 3.07. The minimum atomic E-state index is -0.159. The number of nitrogens with zero attached hydrogens (tertiary/aromatic N) is 1. The van der Waals surface area contributed by atoms with Crippen LogP contribution in [0.5, 0.6) is 5.75 Å². The zero-order valence-electron chi connectivity index (χ0n) is 13.2. The van der Waals surface area contributed by atoms with Gasteiger partial charge in [-0.15, -0.1) is 0 Å². The molecule has 0 unspecified atom stereocenters. The topological polar surface area (TPSA) is 62.1 Å². The van der Waals surface area contributed by atoms with Gasteiger partial charge in [-0.3, -0.25) is 4.79 Å². The average molecular weight is 308 g/mol. The van der Waals surface area contributed by atoms with E-state index in [2.05, 4.69) is 17.4 Å². The number of nitriles is 1. The summed E-state index contributed by atoms with van der Waals surface area (Å²) in [6, 6.07) is 19.1. The first-order valence-electron chi connectivity index (χ1n) is 7.63. The number of hydrogen-bond donors (Lipinski definition) is 1. The highest BCUT2D eigenvalue weighted by Gasteiger charge is 2.08. The number of benzene rings is 2. The van der Waals surface area contributed by atoms with Gasteiger partial charge in [0.2, 0.25) is 0 Å². The molecule has 0 aliphatic rings. The number of nitrogens with one attached hydrogen (secondary N) is 1. The fourth-order valence-corrected chi connectivity index (χ4v) is 2.22. The SMILES string of the molecule is C[C@H](CCc1ccccc1)NC(=O)COc1cccc(C#N)c1. The number of rotatable bonds is 7. The Morgan fingerprint density at radius 3 is 2.74 bits per heavy atom. The highest BCUT2D eigenvalue weighted by Crippen LogP contribution is 2.12. The van der Waals surface area contributed by atoms with Crippen LogP contribution < -0.4 is 10.1 Å². The number of aryl methyl sites for hydroxylation is 1. The first-order valence-corrected chi connectivity index (χ1v) is 7.63. The molecule has 0 saturated carbocycles.